The van der Waals surface area contributed by atoms with Crippen LogP contribution in [0.25, 0.3) is 0 Å². The van der Waals surface area contributed by atoms with E-state index in [2.05, 4.69) is 41.8 Å². The molecule has 0 saturated carbocycles. The lowest BCUT2D eigenvalue weighted by atomic mass is 9.88. The van der Waals surface area contributed by atoms with Crippen LogP contribution in [0.15, 0.2) is 30.3 Å². The molecular weight excluding hydrogens is 304 g/mol. The molecule has 2 aliphatic heterocycles. The van der Waals surface area contributed by atoms with E-state index in [0.29, 0.717) is 19.8 Å². The summed E-state index contributed by atoms with van der Waals surface area (Å²) < 4.78 is 10.9. The molecule has 5 heteroatoms. The maximum Gasteiger partial charge on any atom is 0.225 e. The Morgan fingerprint density at radius 2 is 1.96 bits per heavy atom. The molecule has 0 spiro atoms. The molecule has 1 amide bonds. The monoisotopic (exact) mass is 332 g/mol. The molecule has 2 aliphatic rings. The highest BCUT2D eigenvalue weighted by atomic mass is 16.5. The third-order valence-electron chi connectivity index (χ3n) is 5.17. The van der Waals surface area contributed by atoms with Gasteiger partial charge in [-0.3, -0.25) is 4.79 Å². The Morgan fingerprint density at radius 3 is 2.62 bits per heavy atom. The van der Waals surface area contributed by atoms with Crippen molar-refractivity contribution >= 4 is 5.91 Å². The summed E-state index contributed by atoms with van der Waals surface area (Å²) in [6, 6.07) is 10.7. The summed E-state index contributed by atoms with van der Waals surface area (Å²) in [5.74, 6) is 0.126. The van der Waals surface area contributed by atoms with E-state index >= 15 is 0 Å². The molecule has 24 heavy (non-hydrogen) atoms. The van der Waals surface area contributed by atoms with E-state index in [-0.39, 0.29) is 23.4 Å². The lowest BCUT2D eigenvalue weighted by molar-refractivity contribution is -0.125. The highest BCUT2D eigenvalue weighted by Gasteiger charge is 2.35. The number of hydrogen-bond donors (Lipinski definition) is 2. The van der Waals surface area contributed by atoms with Gasteiger partial charge < -0.3 is 20.1 Å². The number of carbonyl (C=O) groups excluding carboxylic acids is 1. The van der Waals surface area contributed by atoms with Gasteiger partial charge >= 0.3 is 0 Å². The van der Waals surface area contributed by atoms with E-state index < -0.39 is 0 Å². The van der Waals surface area contributed by atoms with Crippen molar-refractivity contribution in [1.29, 1.82) is 0 Å². The number of carbonyl (C=O) groups is 1. The fourth-order valence-electron chi connectivity index (χ4n) is 3.56. The van der Waals surface area contributed by atoms with E-state index in [9.17, 15) is 4.79 Å². The highest BCUT2D eigenvalue weighted by molar-refractivity contribution is 5.79. The molecule has 5 nitrogen and oxygen atoms in total. The SMILES string of the molecule is C[C@H](NC1(CNC(=O)[C@H]2CCOC2)CCOCC1)c1ccccc1. The second kappa shape index (κ2) is 8.10. The highest BCUT2D eigenvalue weighted by Crippen LogP contribution is 2.25. The molecule has 2 N–H and O–H groups in total. The van der Waals surface area contributed by atoms with Gasteiger partial charge in [0.25, 0.3) is 0 Å². The van der Waals surface area contributed by atoms with E-state index in [1.165, 1.54) is 5.56 Å². The van der Waals surface area contributed by atoms with Crippen LogP contribution in [0.1, 0.15) is 37.8 Å². The van der Waals surface area contributed by atoms with Gasteiger partial charge in [0.1, 0.15) is 0 Å². The zero-order valence-electron chi connectivity index (χ0n) is 14.4. The summed E-state index contributed by atoms with van der Waals surface area (Å²) in [6.45, 7) is 5.53. The van der Waals surface area contributed by atoms with Gasteiger partial charge in [0, 0.05) is 37.9 Å². The molecule has 2 heterocycles. The fraction of sp³-hybridized carbons (Fsp3) is 0.632. The minimum Gasteiger partial charge on any atom is -0.381 e. The van der Waals surface area contributed by atoms with Crippen LogP contribution in [0.2, 0.25) is 0 Å². The predicted octanol–water partition coefficient (Wildman–Crippen LogP) is 2.04. The van der Waals surface area contributed by atoms with Gasteiger partial charge in [-0.2, -0.15) is 0 Å². The van der Waals surface area contributed by atoms with Crippen molar-refractivity contribution in [1.82, 2.24) is 10.6 Å². The van der Waals surface area contributed by atoms with Crippen molar-refractivity contribution in [2.24, 2.45) is 5.92 Å². The second-order valence-electron chi connectivity index (χ2n) is 6.95. The van der Waals surface area contributed by atoms with E-state index in [1.807, 2.05) is 6.07 Å². The normalized spacial score (nSPS) is 24.5. The summed E-state index contributed by atoms with van der Waals surface area (Å²) in [6.07, 6.45) is 2.65. The van der Waals surface area contributed by atoms with E-state index in [0.717, 1.165) is 32.5 Å². The maximum absolute atomic E-state index is 12.3. The molecule has 2 fully saturated rings. The van der Waals surface area contributed by atoms with Crippen LogP contribution < -0.4 is 10.6 Å². The second-order valence-corrected chi connectivity index (χ2v) is 6.95. The van der Waals surface area contributed by atoms with Crippen molar-refractivity contribution in [3.63, 3.8) is 0 Å². The topological polar surface area (TPSA) is 59.6 Å². The standard InChI is InChI=1S/C19H28N2O3/c1-15(16-5-3-2-4-6-16)21-19(8-11-23-12-9-19)14-20-18(22)17-7-10-24-13-17/h2-6,15,17,21H,7-14H2,1H3,(H,20,22)/t15-,17-/m0/s1. The van der Waals surface area contributed by atoms with E-state index in [4.69, 9.17) is 9.47 Å². The Kier molecular flexibility index (Phi) is 5.87. The van der Waals surface area contributed by atoms with Gasteiger partial charge in [0.15, 0.2) is 0 Å². The summed E-state index contributed by atoms with van der Waals surface area (Å²) in [5, 5.41) is 6.92. The first kappa shape index (κ1) is 17.4. The number of benzene rings is 1. The van der Waals surface area contributed by atoms with Gasteiger partial charge in [0.05, 0.1) is 12.5 Å². The van der Waals surface area contributed by atoms with Gasteiger partial charge in [-0.05, 0) is 31.7 Å². The fourth-order valence-corrected chi connectivity index (χ4v) is 3.56. The molecule has 2 saturated heterocycles. The number of rotatable bonds is 6. The summed E-state index contributed by atoms with van der Waals surface area (Å²) in [7, 11) is 0. The minimum absolute atomic E-state index is 0.00781. The Labute approximate surface area is 144 Å². The zero-order valence-corrected chi connectivity index (χ0v) is 14.4. The van der Waals surface area contributed by atoms with E-state index in [1.54, 1.807) is 0 Å². The summed E-state index contributed by atoms with van der Waals surface area (Å²) in [5.41, 5.74) is 1.15. The first-order chi connectivity index (χ1) is 11.7. The zero-order chi connectivity index (χ0) is 16.8. The van der Waals surface area contributed by atoms with Crippen LogP contribution in [0, 0.1) is 5.92 Å². The van der Waals surface area contributed by atoms with Crippen LogP contribution in [-0.4, -0.2) is 44.4 Å². The predicted molar refractivity (Wildman–Crippen MR) is 92.7 cm³/mol. The third kappa shape index (κ3) is 4.35. The Bertz CT molecular complexity index is 523. The molecule has 1 aromatic carbocycles. The maximum atomic E-state index is 12.3. The van der Waals surface area contributed by atoms with Gasteiger partial charge in [-0.25, -0.2) is 0 Å². The van der Waals surface area contributed by atoms with Crippen LogP contribution in [0.3, 0.4) is 0 Å². The number of nitrogens with one attached hydrogen (secondary N) is 2. The quantitative estimate of drug-likeness (QED) is 0.837. The Hall–Kier alpha value is -1.43. The summed E-state index contributed by atoms with van der Waals surface area (Å²) >= 11 is 0. The molecule has 0 unspecified atom stereocenters. The minimum atomic E-state index is -0.109. The molecular formula is C19H28N2O3. The van der Waals surface area contributed by atoms with Crippen LogP contribution in [0.5, 0.6) is 0 Å². The molecule has 0 bridgehead atoms. The Balaban J connectivity index is 1.62. The number of ether oxygens (including phenoxy) is 2. The van der Waals surface area contributed by atoms with Crippen LogP contribution >= 0.6 is 0 Å². The molecule has 1 aromatic rings. The van der Waals surface area contributed by atoms with Crippen LogP contribution in [0.4, 0.5) is 0 Å². The average Bonchev–Trinajstić information content (AvgIpc) is 3.16. The van der Waals surface area contributed by atoms with Crippen molar-refractivity contribution in [3.05, 3.63) is 35.9 Å². The molecule has 0 aromatic heterocycles. The molecule has 0 radical (unpaired) electrons. The van der Waals surface area contributed by atoms with Crippen LogP contribution in [-0.2, 0) is 14.3 Å². The van der Waals surface area contributed by atoms with Gasteiger partial charge in [-0.1, -0.05) is 30.3 Å². The first-order valence-electron chi connectivity index (χ1n) is 8.94. The van der Waals surface area contributed by atoms with Crippen molar-refractivity contribution < 1.29 is 14.3 Å². The largest absolute Gasteiger partial charge is 0.381 e. The first-order valence-corrected chi connectivity index (χ1v) is 8.94. The number of amides is 1. The smallest absolute Gasteiger partial charge is 0.225 e. The number of hydrogen-bond acceptors (Lipinski definition) is 4. The Morgan fingerprint density at radius 1 is 1.21 bits per heavy atom. The molecule has 0 aliphatic carbocycles. The van der Waals surface area contributed by atoms with Gasteiger partial charge in [-0.15, -0.1) is 0 Å². The molecule has 3 rings (SSSR count). The molecule has 132 valence electrons. The lowest BCUT2D eigenvalue weighted by Gasteiger charge is -2.40. The molecule has 2 atom stereocenters. The lowest BCUT2D eigenvalue weighted by Crippen LogP contribution is -2.57. The summed E-state index contributed by atoms with van der Waals surface area (Å²) in [4.78, 5) is 12.3. The third-order valence-corrected chi connectivity index (χ3v) is 5.17. The average molecular weight is 332 g/mol. The van der Waals surface area contributed by atoms with Crippen molar-refractivity contribution in [2.75, 3.05) is 33.0 Å². The van der Waals surface area contributed by atoms with Crippen molar-refractivity contribution in [2.45, 2.75) is 37.8 Å². The van der Waals surface area contributed by atoms with Gasteiger partial charge in [0.2, 0.25) is 5.91 Å². The van der Waals surface area contributed by atoms with Crippen molar-refractivity contribution in [3.8, 4) is 0 Å².